The van der Waals surface area contributed by atoms with Crippen molar-refractivity contribution in [1.29, 1.82) is 0 Å². The summed E-state index contributed by atoms with van der Waals surface area (Å²) in [5.74, 6) is 0.237. The SMILES string of the molecule is C/C=C(/CC)C(=O)Cc1ccc(I)cc1. The molecule has 0 atom stereocenters. The van der Waals surface area contributed by atoms with E-state index in [9.17, 15) is 4.79 Å². The molecule has 1 aromatic carbocycles. The number of carbonyl (C=O) groups is 1. The number of ketones is 1. The second kappa shape index (κ2) is 6.05. The third kappa shape index (κ3) is 3.78. The maximum Gasteiger partial charge on any atom is 0.162 e. The largest absolute Gasteiger partial charge is 0.294 e. The van der Waals surface area contributed by atoms with Crippen molar-refractivity contribution in [1.82, 2.24) is 0 Å². The van der Waals surface area contributed by atoms with Crippen LogP contribution in [0.4, 0.5) is 0 Å². The summed E-state index contributed by atoms with van der Waals surface area (Å²) in [5, 5.41) is 0. The van der Waals surface area contributed by atoms with Gasteiger partial charge in [-0.3, -0.25) is 4.79 Å². The first-order valence-corrected chi connectivity index (χ1v) is 6.18. The molecule has 0 heterocycles. The lowest BCUT2D eigenvalue weighted by Gasteiger charge is -2.03. The highest BCUT2D eigenvalue weighted by Gasteiger charge is 2.07. The number of hydrogen-bond donors (Lipinski definition) is 0. The summed E-state index contributed by atoms with van der Waals surface area (Å²) in [7, 11) is 0. The summed E-state index contributed by atoms with van der Waals surface area (Å²) in [6.07, 6.45) is 3.25. The van der Waals surface area contributed by atoms with E-state index in [0.717, 1.165) is 17.6 Å². The van der Waals surface area contributed by atoms with Crippen molar-refractivity contribution in [3.05, 3.63) is 45.0 Å². The van der Waals surface area contributed by atoms with E-state index >= 15 is 0 Å². The Morgan fingerprint density at radius 3 is 2.40 bits per heavy atom. The lowest BCUT2D eigenvalue weighted by molar-refractivity contribution is -0.115. The lowest BCUT2D eigenvalue weighted by Crippen LogP contribution is -2.05. The van der Waals surface area contributed by atoms with Crippen molar-refractivity contribution in [2.75, 3.05) is 0 Å². The minimum Gasteiger partial charge on any atom is -0.294 e. The number of Topliss-reactive ketones (excluding diaryl/α,β-unsaturated/α-hetero) is 1. The monoisotopic (exact) mass is 314 g/mol. The Balaban J connectivity index is 2.70. The summed E-state index contributed by atoms with van der Waals surface area (Å²) in [6, 6.07) is 8.10. The van der Waals surface area contributed by atoms with Crippen LogP contribution in [0.3, 0.4) is 0 Å². The fourth-order valence-electron chi connectivity index (χ4n) is 1.46. The lowest BCUT2D eigenvalue weighted by atomic mass is 10.0. The molecule has 80 valence electrons. The third-order valence-electron chi connectivity index (χ3n) is 2.37. The molecule has 0 aliphatic carbocycles. The van der Waals surface area contributed by atoms with Crippen molar-refractivity contribution in [2.24, 2.45) is 0 Å². The molecular formula is C13H15IO. The van der Waals surface area contributed by atoms with E-state index in [4.69, 9.17) is 0 Å². The smallest absolute Gasteiger partial charge is 0.162 e. The van der Waals surface area contributed by atoms with Gasteiger partial charge in [-0.25, -0.2) is 0 Å². The van der Waals surface area contributed by atoms with E-state index in [-0.39, 0.29) is 5.78 Å². The number of halogens is 1. The van der Waals surface area contributed by atoms with Crippen LogP contribution in [-0.2, 0) is 11.2 Å². The number of rotatable bonds is 4. The Labute approximate surface area is 105 Å². The number of benzene rings is 1. The van der Waals surface area contributed by atoms with Gasteiger partial charge in [0.2, 0.25) is 0 Å². The van der Waals surface area contributed by atoms with E-state index in [0.29, 0.717) is 6.42 Å². The van der Waals surface area contributed by atoms with Crippen LogP contribution in [0.5, 0.6) is 0 Å². The molecule has 15 heavy (non-hydrogen) atoms. The van der Waals surface area contributed by atoms with Gasteiger partial charge in [0, 0.05) is 9.99 Å². The van der Waals surface area contributed by atoms with Crippen LogP contribution < -0.4 is 0 Å². The van der Waals surface area contributed by atoms with Crippen molar-refractivity contribution in [3.8, 4) is 0 Å². The second-order valence-electron chi connectivity index (χ2n) is 3.39. The van der Waals surface area contributed by atoms with Crippen LogP contribution in [0, 0.1) is 3.57 Å². The summed E-state index contributed by atoms with van der Waals surface area (Å²) in [6.45, 7) is 3.94. The molecule has 2 heteroatoms. The molecule has 0 aliphatic heterocycles. The van der Waals surface area contributed by atoms with Crippen LogP contribution in [0.1, 0.15) is 25.8 Å². The first-order valence-electron chi connectivity index (χ1n) is 5.10. The molecule has 0 unspecified atom stereocenters. The molecule has 1 nitrogen and oxygen atoms in total. The zero-order chi connectivity index (χ0) is 11.3. The highest BCUT2D eigenvalue weighted by Crippen LogP contribution is 2.11. The van der Waals surface area contributed by atoms with Crippen molar-refractivity contribution in [3.63, 3.8) is 0 Å². The molecule has 0 radical (unpaired) electrons. The molecule has 0 spiro atoms. The zero-order valence-electron chi connectivity index (χ0n) is 9.09. The molecule has 0 aromatic heterocycles. The predicted octanol–water partition coefficient (Wildman–Crippen LogP) is 3.76. The normalized spacial score (nSPS) is 11.5. The fourth-order valence-corrected chi connectivity index (χ4v) is 1.82. The quantitative estimate of drug-likeness (QED) is 0.611. The Bertz CT molecular complexity index is 363. The first-order chi connectivity index (χ1) is 7.17. The Kier molecular flexibility index (Phi) is 5.02. The number of carbonyl (C=O) groups excluding carboxylic acids is 1. The summed E-state index contributed by atoms with van der Waals surface area (Å²) < 4.78 is 1.20. The highest BCUT2D eigenvalue weighted by atomic mass is 127. The second-order valence-corrected chi connectivity index (χ2v) is 4.64. The summed E-state index contributed by atoms with van der Waals surface area (Å²) in [5.41, 5.74) is 2.02. The molecular weight excluding hydrogens is 299 g/mol. The van der Waals surface area contributed by atoms with Crippen LogP contribution >= 0.6 is 22.6 Å². The Morgan fingerprint density at radius 1 is 1.33 bits per heavy atom. The van der Waals surface area contributed by atoms with Gasteiger partial charge in [-0.2, -0.15) is 0 Å². The minimum absolute atomic E-state index is 0.237. The number of hydrogen-bond acceptors (Lipinski definition) is 1. The van der Waals surface area contributed by atoms with E-state index in [2.05, 4.69) is 22.6 Å². The Morgan fingerprint density at radius 2 is 1.93 bits per heavy atom. The molecule has 0 aliphatic rings. The molecule has 0 amide bonds. The molecule has 1 rings (SSSR count). The fraction of sp³-hybridized carbons (Fsp3) is 0.308. The molecule has 1 aromatic rings. The topological polar surface area (TPSA) is 17.1 Å². The minimum atomic E-state index is 0.237. The van der Waals surface area contributed by atoms with Crippen LogP contribution in [0.15, 0.2) is 35.9 Å². The number of allylic oxidation sites excluding steroid dienone is 2. The van der Waals surface area contributed by atoms with E-state index < -0.39 is 0 Å². The summed E-state index contributed by atoms with van der Waals surface area (Å²) >= 11 is 2.26. The molecule has 0 N–H and O–H groups in total. The van der Waals surface area contributed by atoms with Crippen LogP contribution in [0.25, 0.3) is 0 Å². The van der Waals surface area contributed by atoms with Gasteiger partial charge in [0.05, 0.1) is 0 Å². The molecule has 0 saturated heterocycles. The third-order valence-corrected chi connectivity index (χ3v) is 3.08. The predicted molar refractivity (Wildman–Crippen MR) is 71.9 cm³/mol. The zero-order valence-corrected chi connectivity index (χ0v) is 11.2. The molecule has 0 bridgehead atoms. The standard InChI is InChI=1S/C13H15IO/c1-3-11(4-2)13(15)9-10-5-7-12(14)8-6-10/h3,5-8H,4,9H2,1-2H3/b11-3-. The first kappa shape index (κ1) is 12.4. The van der Waals surface area contributed by atoms with E-state index in [1.807, 2.05) is 44.2 Å². The molecule has 0 saturated carbocycles. The van der Waals surface area contributed by atoms with Crippen LogP contribution in [0.2, 0.25) is 0 Å². The summed E-state index contributed by atoms with van der Waals surface area (Å²) in [4.78, 5) is 11.8. The van der Waals surface area contributed by atoms with Crippen molar-refractivity contribution >= 4 is 28.4 Å². The Hall–Kier alpha value is -0.640. The maximum absolute atomic E-state index is 11.8. The van der Waals surface area contributed by atoms with E-state index in [1.165, 1.54) is 3.57 Å². The van der Waals surface area contributed by atoms with Crippen molar-refractivity contribution in [2.45, 2.75) is 26.7 Å². The van der Waals surface area contributed by atoms with Gasteiger partial charge >= 0.3 is 0 Å². The van der Waals surface area contributed by atoms with Gasteiger partial charge in [0.25, 0.3) is 0 Å². The highest BCUT2D eigenvalue weighted by molar-refractivity contribution is 14.1. The molecule has 0 fully saturated rings. The van der Waals surface area contributed by atoms with Gasteiger partial charge in [0.1, 0.15) is 0 Å². The van der Waals surface area contributed by atoms with Crippen LogP contribution in [-0.4, -0.2) is 5.78 Å². The van der Waals surface area contributed by atoms with E-state index in [1.54, 1.807) is 0 Å². The van der Waals surface area contributed by atoms with Gasteiger partial charge in [-0.15, -0.1) is 0 Å². The average Bonchev–Trinajstić information content (AvgIpc) is 2.23. The van der Waals surface area contributed by atoms with Gasteiger partial charge < -0.3 is 0 Å². The van der Waals surface area contributed by atoms with Gasteiger partial charge in [-0.1, -0.05) is 25.1 Å². The van der Waals surface area contributed by atoms with Crippen molar-refractivity contribution < 1.29 is 4.79 Å². The van der Waals surface area contributed by atoms with Gasteiger partial charge in [-0.05, 0) is 59.2 Å². The van der Waals surface area contributed by atoms with Gasteiger partial charge in [0.15, 0.2) is 5.78 Å². The maximum atomic E-state index is 11.8. The average molecular weight is 314 g/mol.